The molecule has 1 unspecified atom stereocenters. The van der Waals surface area contributed by atoms with E-state index < -0.39 is 0 Å². The number of aromatic nitrogens is 1. The highest BCUT2D eigenvalue weighted by Gasteiger charge is 2.32. The Morgan fingerprint density at radius 3 is 2.48 bits per heavy atom. The van der Waals surface area contributed by atoms with Crippen molar-refractivity contribution in [2.75, 3.05) is 20.3 Å². The Balaban J connectivity index is 1.57. The first-order valence-electron chi connectivity index (χ1n) is 9.03. The zero-order chi connectivity index (χ0) is 18.6. The second-order valence-corrected chi connectivity index (χ2v) is 6.47. The molecule has 0 bridgehead atoms. The molecule has 5 nitrogen and oxygen atoms in total. The van der Waals surface area contributed by atoms with Crippen LogP contribution in [-0.4, -0.2) is 35.6 Å². The fourth-order valence-electron chi connectivity index (χ4n) is 3.60. The maximum absolute atomic E-state index is 13.0. The molecule has 5 heteroatoms. The Morgan fingerprint density at radius 1 is 0.963 bits per heavy atom. The highest BCUT2D eigenvalue weighted by Crippen LogP contribution is 2.33. The fraction of sp³-hybridized carbons (Fsp3) is 0.227. The molecule has 138 valence electrons. The van der Waals surface area contributed by atoms with Crippen LogP contribution in [0.2, 0.25) is 0 Å². The first-order chi connectivity index (χ1) is 13.3. The molecule has 0 saturated heterocycles. The minimum absolute atomic E-state index is 0.0234. The lowest BCUT2D eigenvalue weighted by Gasteiger charge is -2.37. The van der Waals surface area contributed by atoms with Crippen molar-refractivity contribution >= 4 is 5.91 Å². The number of nitrogens with zero attached hydrogens (tertiary/aromatic N) is 2. The van der Waals surface area contributed by atoms with Crippen molar-refractivity contribution in [3.8, 4) is 11.5 Å². The summed E-state index contributed by atoms with van der Waals surface area (Å²) < 4.78 is 13.3. The summed E-state index contributed by atoms with van der Waals surface area (Å²) in [4.78, 5) is 14.9. The molecule has 1 aliphatic rings. The van der Waals surface area contributed by atoms with Gasteiger partial charge >= 0.3 is 0 Å². The Hall–Kier alpha value is -3.21. The molecule has 1 aliphatic heterocycles. The van der Waals surface area contributed by atoms with E-state index in [1.807, 2.05) is 53.4 Å². The molecule has 0 saturated carbocycles. The molecule has 0 aliphatic carbocycles. The third-order valence-electron chi connectivity index (χ3n) is 4.89. The maximum Gasteiger partial charge on any atom is 0.261 e. The van der Waals surface area contributed by atoms with Crippen molar-refractivity contribution in [1.82, 2.24) is 9.47 Å². The summed E-state index contributed by atoms with van der Waals surface area (Å²) in [6.45, 7) is 1.41. The topological polar surface area (TPSA) is 43.7 Å². The van der Waals surface area contributed by atoms with Gasteiger partial charge < -0.3 is 18.9 Å². The van der Waals surface area contributed by atoms with Crippen LogP contribution in [0.25, 0.3) is 0 Å². The Bertz CT molecular complexity index is 920. The Kier molecular flexibility index (Phi) is 4.83. The molecule has 1 atom stereocenters. The number of fused-ring (bicyclic) bond motifs is 1. The van der Waals surface area contributed by atoms with Gasteiger partial charge in [0.25, 0.3) is 5.91 Å². The smallest absolute Gasteiger partial charge is 0.261 e. The number of ether oxygens (including phenoxy) is 2. The zero-order valence-corrected chi connectivity index (χ0v) is 15.2. The van der Waals surface area contributed by atoms with E-state index in [4.69, 9.17) is 9.47 Å². The lowest BCUT2D eigenvalue weighted by Crippen LogP contribution is -2.44. The Labute approximate surface area is 158 Å². The monoisotopic (exact) mass is 362 g/mol. The lowest BCUT2D eigenvalue weighted by atomic mass is 10.00. The molecule has 1 amide bonds. The number of carbonyl (C=O) groups excluding carboxylic acids is 1. The maximum atomic E-state index is 13.0. The zero-order valence-electron chi connectivity index (χ0n) is 15.2. The van der Waals surface area contributed by atoms with Gasteiger partial charge in [-0.25, -0.2) is 0 Å². The van der Waals surface area contributed by atoms with E-state index in [1.54, 1.807) is 7.11 Å². The summed E-state index contributed by atoms with van der Waals surface area (Å²) in [7, 11) is 1.59. The van der Waals surface area contributed by atoms with Crippen LogP contribution in [0.5, 0.6) is 11.5 Å². The summed E-state index contributed by atoms with van der Waals surface area (Å²) in [5, 5.41) is 0. The molecule has 0 radical (unpaired) electrons. The first kappa shape index (κ1) is 17.2. The van der Waals surface area contributed by atoms with E-state index in [-0.39, 0.29) is 18.6 Å². The van der Waals surface area contributed by atoms with Crippen LogP contribution < -0.4 is 9.47 Å². The SMILES string of the molecule is COc1ccccc1OCC(=O)N1CCn2cccc2C1c1ccccc1. The van der Waals surface area contributed by atoms with Crippen LogP contribution in [0, 0.1) is 0 Å². The standard InChI is InChI=1S/C22H22N2O3/c1-26-19-11-5-6-12-20(19)27-16-21(25)24-15-14-23-13-7-10-18(23)22(24)17-8-3-2-4-9-17/h2-13,22H,14-16H2,1H3. The van der Waals surface area contributed by atoms with E-state index >= 15 is 0 Å². The summed E-state index contributed by atoms with van der Waals surface area (Å²) in [5.41, 5.74) is 2.22. The number of para-hydroxylation sites is 2. The van der Waals surface area contributed by atoms with Gasteiger partial charge in [0.05, 0.1) is 13.2 Å². The molecule has 27 heavy (non-hydrogen) atoms. The van der Waals surface area contributed by atoms with Gasteiger partial charge in [-0.15, -0.1) is 0 Å². The molecule has 4 rings (SSSR count). The molecule has 0 N–H and O–H groups in total. The molecule has 1 aromatic heterocycles. The predicted molar refractivity (Wildman–Crippen MR) is 103 cm³/mol. The second kappa shape index (κ2) is 7.58. The van der Waals surface area contributed by atoms with E-state index in [9.17, 15) is 4.79 Å². The van der Waals surface area contributed by atoms with Gasteiger partial charge in [-0.05, 0) is 29.8 Å². The summed E-state index contributed by atoms with van der Waals surface area (Å²) in [6, 6.07) is 21.5. The molecular formula is C22H22N2O3. The normalized spacial score (nSPS) is 15.9. The molecule has 0 fully saturated rings. The molecule has 0 spiro atoms. The predicted octanol–water partition coefficient (Wildman–Crippen LogP) is 3.51. The summed E-state index contributed by atoms with van der Waals surface area (Å²) in [5.74, 6) is 1.16. The van der Waals surface area contributed by atoms with Crippen molar-refractivity contribution in [1.29, 1.82) is 0 Å². The van der Waals surface area contributed by atoms with Crippen molar-refractivity contribution in [2.45, 2.75) is 12.6 Å². The van der Waals surface area contributed by atoms with Gasteiger partial charge in [0.15, 0.2) is 18.1 Å². The Morgan fingerprint density at radius 2 is 1.70 bits per heavy atom. The summed E-state index contributed by atoms with van der Waals surface area (Å²) in [6.07, 6.45) is 2.07. The number of amides is 1. The molecule has 2 aromatic carbocycles. The van der Waals surface area contributed by atoms with Crippen molar-refractivity contribution < 1.29 is 14.3 Å². The van der Waals surface area contributed by atoms with Gasteiger partial charge in [-0.2, -0.15) is 0 Å². The van der Waals surface area contributed by atoms with Crippen molar-refractivity contribution in [3.63, 3.8) is 0 Å². The van der Waals surface area contributed by atoms with E-state index in [1.165, 1.54) is 0 Å². The second-order valence-electron chi connectivity index (χ2n) is 6.47. The number of hydrogen-bond acceptors (Lipinski definition) is 3. The van der Waals surface area contributed by atoms with Crippen LogP contribution in [-0.2, 0) is 11.3 Å². The third-order valence-corrected chi connectivity index (χ3v) is 4.89. The fourth-order valence-corrected chi connectivity index (χ4v) is 3.60. The van der Waals surface area contributed by atoms with E-state index in [0.29, 0.717) is 18.0 Å². The number of methoxy groups -OCH3 is 1. The number of benzene rings is 2. The van der Waals surface area contributed by atoms with Gasteiger partial charge in [0.1, 0.15) is 0 Å². The quantitative estimate of drug-likeness (QED) is 0.698. The average Bonchev–Trinajstić information content (AvgIpc) is 3.21. The number of rotatable bonds is 5. The van der Waals surface area contributed by atoms with Gasteiger partial charge in [-0.3, -0.25) is 4.79 Å². The van der Waals surface area contributed by atoms with Crippen LogP contribution in [0.4, 0.5) is 0 Å². The van der Waals surface area contributed by atoms with Crippen LogP contribution in [0.1, 0.15) is 17.3 Å². The van der Waals surface area contributed by atoms with Crippen LogP contribution in [0.3, 0.4) is 0 Å². The minimum Gasteiger partial charge on any atom is -0.493 e. The largest absolute Gasteiger partial charge is 0.493 e. The average molecular weight is 362 g/mol. The minimum atomic E-state index is -0.108. The number of hydrogen-bond donors (Lipinski definition) is 0. The highest BCUT2D eigenvalue weighted by molar-refractivity contribution is 5.79. The highest BCUT2D eigenvalue weighted by atomic mass is 16.5. The van der Waals surface area contributed by atoms with Crippen molar-refractivity contribution in [3.05, 3.63) is 84.2 Å². The number of carbonyl (C=O) groups is 1. The van der Waals surface area contributed by atoms with Gasteiger partial charge in [0, 0.05) is 25.0 Å². The van der Waals surface area contributed by atoms with Crippen LogP contribution >= 0.6 is 0 Å². The molecular weight excluding hydrogens is 340 g/mol. The molecule has 2 heterocycles. The van der Waals surface area contributed by atoms with Crippen molar-refractivity contribution in [2.24, 2.45) is 0 Å². The van der Waals surface area contributed by atoms with E-state index in [0.717, 1.165) is 17.8 Å². The van der Waals surface area contributed by atoms with Crippen LogP contribution in [0.15, 0.2) is 72.9 Å². The lowest BCUT2D eigenvalue weighted by molar-refractivity contribution is -0.136. The molecule has 3 aromatic rings. The third kappa shape index (κ3) is 3.40. The van der Waals surface area contributed by atoms with Gasteiger partial charge in [0.2, 0.25) is 0 Å². The summed E-state index contributed by atoms with van der Waals surface area (Å²) >= 11 is 0. The first-order valence-corrected chi connectivity index (χ1v) is 9.03. The van der Waals surface area contributed by atoms with E-state index in [2.05, 4.69) is 29.0 Å². The van der Waals surface area contributed by atoms with Gasteiger partial charge in [-0.1, -0.05) is 42.5 Å².